The lowest BCUT2D eigenvalue weighted by Crippen LogP contribution is -2.30. The summed E-state index contributed by atoms with van der Waals surface area (Å²) in [5.41, 5.74) is -1.31. The zero-order valence-corrected chi connectivity index (χ0v) is 21.8. The largest absolute Gasteiger partial charge is 0.426 e. The van der Waals surface area contributed by atoms with Crippen LogP contribution < -0.4 is 15.7 Å². The fourth-order valence-corrected chi connectivity index (χ4v) is 4.36. The molecular formula is C28H27N3O9. The predicted octanol–water partition coefficient (Wildman–Crippen LogP) is 3.99. The van der Waals surface area contributed by atoms with Gasteiger partial charge >= 0.3 is 11.6 Å². The van der Waals surface area contributed by atoms with Crippen LogP contribution in [0.15, 0.2) is 51.7 Å². The van der Waals surface area contributed by atoms with Crippen LogP contribution in [0.4, 0.5) is 5.69 Å². The molecule has 4 rings (SSSR count). The Hall–Kier alpha value is -4.87. The first-order chi connectivity index (χ1) is 19.2. The average molecular weight is 550 g/mol. The Morgan fingerprint density at radius 2 is 1.82 bits per heavy atom. The SMILES string of the molecule is CCCCNC(=O)c1cc2ccc(OC(=O)CCCCCN3C(=O)c4cccc([N+](=O)[O-])c4C3=O)cc2oc1=O. The van der Waals surface area contributed by atoms with Crippen molar-refractivity contribution in [3.63, 3.8) is 0 Å². The molecule has 1 aromatic heterocycles. The molecule has 1 aliphatic heterocycles. The van der Waals surface area contributed by atoms with Gasteiger partial charge in [-0.25, -0.2) is 4.79 Å². The van der Waals surface area contributed by atoms with Crippen LogP contribution in [0.25, 0.3) is 11.0 Å². The Bertz CT molecular complexity index is 1560. The van der Waals surface area contributed by atoms with Crippen LogP contribution in [0.1, 0.15) is 76.5 Å². The van der Waals surface area contributed by atoms with Crippen molar-refractivity contribution in [1.29, 1.82) is 0 Å². The molecule has 0 fully saturated rings. The number of esters is 1. The van der Waals surface area contributed by atoms with Crippen LogP contribution in [0.2, 0.25) is 0 Å². The van der Waals surface area contributed by atoms with Crippen molar-refractivity contribution < 1.29 is 33.3 Å². The van der Waals surface area contributed by atoms with Crippen LogP contribution in [0.5, 0.6) is 5.75 Å². The number of hydrogen-bond donors (Lipinski definition) is 1. The van der Waals surface area contributed by atoms with E-state index in [1.54, 1.807) is 6.07 Å². The summed E-state index contributed by atoms with van der Waals surface area (Å²) in [6, 6.07) is 9.88. The Balaban J connectivity index is 1.26. The number of carbonyl (C=O) groups excluding carboxylic acids is 4. The number of imide groups is 1. The van der Waals surface area contributed by atoms with Gasteiger partial charge in [-0.2, -0.15) is 0 Å². The molecule has 0 saturated carbocycles. The molecule has 3 amide bonds. The monoisotopic (exact) mass is 549 g/mol. The smallest absolute Gasteiger partial charge is 0.349 e. The number of nitro groups is 1. The molecule has 12 heteroatoms. The summed E-state index contributed by atoms with van der Waals surface area (Å²) < 4.78 is 10.6. The zero-order chi connectivity index (χ0) is 28.8. The minimum atomic E-state index is -0.794. The highest BCUT2D eigenvalue weighted by molar-refractivity contribution is 6.23. The maximum atomic E-state index is 12.6. The second-order valence-electron chi connectivity index (χ2n) is 9.26. The third-order valence-electron chi connectivity index (χ3n) is 6.44. The van der Waals surface area contributed by atoms with Gasteiger partial charge in [-0.3, -0.25) is 34.2 Å². The minimum Gasteiger partial charge on any atom is -0.426 e. The van der Waals surface area contributed by atoms with E-state index in [1.165, 1.54) is 36.4 Å². The molecule has 1 N–H and O–H groups in total. The number of nitro benzene ring substituents is 1. The number of nitrogens with one attached hydrogen (secondary N) is 1. The van der Waals surface area contributed by atoms with Crippen molar-refractivity contribution in [2.75, 3.05) is 13.1 Å². The minimum absolute atomic E-state index is 0.0143. The summed E-state index contributed by atoms with van der Waals surface area (Å²) >= 11 is 0. The van der Waals surface area contributed by atoms with Crippen LogP contribution in [-0.4, -0.2) is 46.6 Å². The number of unbranched alkanes of at least 4 members (excludes halogenated alkanes) is 3. The van der Waals surface area contributed by atoms with E-state index in [9.17, 15) is 34.1 Å². The van der Waals surface area contributed by atoms with E-state index in [0.717, 1.165) is 17.7 Å². The summed E-state index contributed by atoms with van der Waals surface area (Å²) in [4.78, 5) is 73.5. The fourth-order valence-electron chi connectivity index (χ4n) is 4.36. The second-order valence-corrected chi connectivity index (χ2v) is 9.26. The first-order valence-corrected chi connectivity index (χ1v) is 12.9. The molecule has 12 nitrogen and oxygen atoms in total. The van der Waals surface area contributed by atoms with E-state index in [-0.39, 0.29) is 41.0 Å². The molecule has 0 saturated heterocycles. The highest BCUT2D eigenvalue weighted by Crippen LogP contribution is 2.31. The average Bonchev–Trinajstić information content (AvgIpc) is 3.17. The molecular weight excluding hydrogens is 522 g/mol. The van der Waals surface area contributed by atoms with Crippen LogP contribution in [0, 0.1) is 10.1 Å². The number of carbonyl (C=O) groups is 4. The van der Waals surface area contributed by atoms with E-state index < -0.39 is 39.9 Å². The molecule has 2 heterocycles. The summed E-state index contributed by atoms with van der Waals surface area (Å²) in [6.07, 6.45) is 3.08. The van der Waals surface area contributed by atoms with Crippen molar-refractivity contribution >= 4 is 40.3 Å². The lowest BCUT2D eigenvalue weighted by Gasteiger charge is -2.13. The van der Waals surface area contributed by atoms with E-state index in [0.29, 0.717) is 31.2 Å². The normalized spacial score (nSPS) is 12.5. The molecule has 2 aromatic carbocycles. The van der Waals surface area contributed by atoms with Crippen LogP contribution >= 0.6 is 0 Å². The van der Waals surface area contributed by atoms with Crippen LogP contribution in [0.3, 0.4) is 0 Å². The Morgan fingerprint density at radius 1 is 1.02 bits per heavy atom. The lowest BCUT2D eigenvalue weighted by molar-refractivity contribution is -0.385. The zero-order valence-electron chi connectivity index (χ0n) is 21.8. The molecule has 0 unspecified atom stereocenters. The fraction of sp³-hybridized carbons (Fsp3) is 0.321. The van der Waals surface area contributed by atoms with Crippen molar-refractivity contribution in [2.24, 2.45) is 0 Å². The van der Waals surface area contributed by atoms with Gasteiger partial charge < -0.3 is 14.5 Å². The maximum Gasteiger partial charge on any atom is 0.349 e. The predicted molar refractivity (Wildman–Crippen MR) is 142 cm³/mol. The maximum absolute atomic E-state index is 12.6. The molecule has 40 heavy (non-hydrogen) atoms. The van der Waals surface area contributed by atoms with Gasteiger partial charge in [0.1, 0.15) is 22.5 Å². The number of ether oxygens (including phenoxy) is 1. The lowest BCUT2D eigenvalue weighted by atomic mass is 10.1. The van der Waals surface area contributed by atoms with Crippen molar-refractivity contribution in [3.05, 3.63) is 79.7 Å². The highest BCUT2D eigenvalue weighted by atomic mass is 16.6. The van der Waals surface area contributed by atoms with Gasteiger partial charge in [0.15, 0.2) is 0 Å². The van der Waals surface area contributed by atoms with Gasteiger partial charge in [-0.05, 0) is 43.5 Å². The Kier molecular flexibility index (Phi) is 8.67. The first-order valence-electron chi connectivity index (χ1n) is 12.9. The molecule has 3 aromatic rings. The first kappa shape index (κ1) is 28.1. The molecule has 1 aliphatic rings. The van der Waals surface area contributed by atoms with Crippen molar-refractivity contribution in [2.45, 2.75) is 45.4 Å². The van der Waals surface area contributed by atoms with E-state index in [4.69, 9.17) is 9.15 Å². The van der Waals surface area contributed by atoms with Gasteiger partial charge in [-0.1, -0.05) is 25.8 Å². The number of benzene rings is 2. The topological polar surface area (TPSA) is 166 Å². The van der Waals surface area contributed by atoms with E-state index in [2.05, 4.69) is 5.32 Å². The Labute approximate surface area is 228 Å². The standard InChI is InChI=1S/C28H27N3O9/c1-2-3-13-29-25(33)20-15-17-11-12-18(16-22(17)40-28(20)36)39-23(32)10-5-4-6-14-30-26(34)19-8-7-9-21(31(37)38)24(19)27(30)35/h7-9,11-12,15-16H,2-6,10,13-14H2,1H3,(H,29,33). The third-order valence-corrected chi connectivity index (χ3v) is 6.44. The summed E-state index contributed by atoms with van der Waals surface area (Å²) in [5.74, 6) is -2.13. The number of nitrogens with zero attached hydrogens (tertiary/aromatic N) is 2. The number of fused-ring (bicyclic) bond motifs is 2. The summed E-state index contributed by atoms with van der Waals surface area (Å²) in [6.45, 7) is 2.51. The number of rotatable bonds is 12. The van der Waals surface area contributed by atoms with E-state index in [1.807, 2.05) is 6.92 Å². The summed E-state index contributed by atoms with van der Waals surface area (Å²) in [5, 5.41) is 14.4. The highest BCUT2D eigenvalue weighted by Gasteiger charge is 2.40. The second kappa shape index (κ2) is 12.3. The van der Waals surface area contributed by atoms with Gasteiger partial charge in [0, 0.05) is 37.0 Å². The molecule has 0 aliphatic carbocycles. The van der Waals surface area contributed by atoms with Crippen LogP contribution in [-0.2, 0) is 4.79 Å². The molecule has 0 spiro atoms. The van der Waals surface area contributed by atoms with Gasteiger partial charge in [0.05, 0.1) is 10.5 Å². The number of hydrogen-bond acceptors (Lipinski definition) is 9. The van der Waals surface area contributed by atoms with Crippen molar-refractivity contribution in [3.8, 4) is 5.75 Å². The molecule has 208 valence electrons. The van der Waals surface area contributed by atoms with Gasteiger partial charge in [0.25, 0.3) is 23.4 Å². The third kappa shape index (κ3) is 6.06. The molecule has 0 bridgehead atoms. The van der Waals surface area contributed by atoms with Gasteiger partial charge in [0.2, 0.25) is 0 Å². The summed E-state index contributed by atoms with van der Waals surface area (Å²) in [7, 11) is 0. The molecule has 0 atom stereocenters. The van der Waals surface area contributed by atoms with Gasteiger partial charge in [-0.15, -0.1) is 0 Å². The number of amides is 3. The molecule has 0 radical (unpaired) electrons. The van der Waals surface area contributed by atoms with Crippen molar-refractivity contribution in [1.82, 2.24) is 10.2 Å². The Morgan fingerprint density at radius 3 is 2.58 bits per heavy atom. The van der Waals surface area contributed by atoms with E-state index >= 15 is 0 Å². The quantitative estimate of drug-likeness (QED) is 0.0668.